The van der Waals surface area contributed by atoms with Crippen molar-refractivity contribution in [2.75, 3.05) is 23.0 Å². The largest absolute Gasteiger partial charge is 1.00 e. The van der Waals surface area contributed by atoms with Gasteiger partial charge in [-0.15, -0.1) is 0 Å². The second-order valence-corrected chi connectivity index (χ2v) is 13.4. The van der Waals surface area contributed by atoms with Gasteiger partial charge >= 0.3 is 51.4 Å². The normalized spacial score (nSPS) is 15.1. The van der Waals surface area contributed by atoms with Gasteiger partial charge in [-0.3, -0.25) is 0 Å². The second kappa shape index (κ2) is 14.2. The van der Waals surface area contributed by atoms with E-state index in [1.54, 1.807) is 23.1 Å². The van der Waals surface area contributed by atoms with E-state index in [4.69, 9.17) is 0 Å². The fraction of sp³-hybridized carbons (Fsp3) is 0.240. The molecule has 0 unspecified atom stereocenters. The summed E-state index contributed by atoms with van der Waals surface area (Å²) >= 11 is 3.16. The summed E-state index contributed by atoms with van der Waals surface area (Å²) in [6.45, 7) is 0.837. The zero-order valence-corrected chi connectivity index (χ0v) is 27.1. The van der Waals surface area contributed by atoms with Gasteiger partial charge in [0.2, 0.25) is 5.52 Å². The van der Waals surface area contributed by atoms with Crippen LogP contribution >= 0.6 is 23.1 Å². The smallest absolute Gasteiger partial charge is 0.748 e. The Bertz CT molecular complexity index is 1580. The van der Waals surface area contributed by atoms with Crippen LogP contribution in [0.5, 0.6) is 0 Å². The first-order valence-electron chi connectivity index (χ1n) is 11.5. The molecule has 13 heteroatoms. The molecule has 0 spiro atoms. The van der Waals surface area contributed by atoms with Crippen molar-refractivity contribution in [2.24, 2.45) is 0 Å². The van der Waals surface area contributed by atoms with Crippen LogP contribution in [0, 0.1) is 0 Å². The molecular weight excluding hydrogens is 592 g/mol. The van der Waals surface area contributed by atoms with Gasteiger partial charge in [-0.05, 0) is 30.7 Å². The number of thiazole rings is 1. The minimum Gasteiger partial charge on any atom is -0.748 e. The molecule has 0 bridgehead atoms. The molecule has 0 saturated heterocycles. The average Bonchev–Trinajstić information content (AvgIpc) is 3.35. The predicted octanol–water partition coefficient (Wildman–Crippen LogP) is 1.09. The van der Waals surface area contributed by atoms with Gasteiger partial charge in [-0.25, -0.2) is 16.8 Å². The van der Waals surface area contributed by atoms with Crippen LogP contribution in [-0.2, 0) is 26.8 Å². The number of fused-ring (bicyclic) bond motifs is 2. The van der Waals surface area contributed by atoms with Crippen molar-refractivity contribution < 1.29 is 81.9 Å². The molecule has 0 atom stereocenters. The number of thioether (sulfide) groups is 1. The topological polar surface area (TPSA) is 122 Å². The SMILES string of the molecule is O=S(=O)([O-])CCCN1/C(=C/C=C/C=C/c2sc3ccccc3[n+]2CCCS(=O)(=O)[O-])Sc2ccccc21.[K+]. The number of aromatic nitrogens is 1. The summed E-state index contributed by atoms with van der Waals surface area (Å²) in [5, 5.41) is 1.87. The van der Waals surface area contributed by atoms with E-state index in [0.717, 1.165) is 30.8 Å². The summed E-state index contributed by atoms with van der Waals surface area (Å²) in [4.78, 5) is 3.08. The number of hydrogen-bond donors (Lipinski definition) is 0. The molecule has 1 aromatic heterocycles. The maximum absolute atomic E-state index is 11.0. The Morgan fingerprint density at radius 2 is 1.55 bits per heavy atom. The standard InChI is InChI=1S/C25H26N2O6S4.K/c28-36(29,30)18-8-16-26-20-10-4-6-12-22(20)34-24(26)14-2-1-3-15-25-27(17-9-19-37(31,32)33)21-11-5-7-13-23(21)35-25;/h1-7,10-15H,8-9,16-19H2,(H-,28,29,30,31,32,33);/q;+1/p-1. The maximum Gasteiger partial charge on any atom is 1.00 e. The second-order valence-electron chi connectivity index (χ2n) is 8.26. The molecule has 0 amide bonds. The molecule has 1 aliphatic rings. The van der Waals surface area contributed by atoms with Crippen molar-refractivity contribution in [2.45, 2.75) is 24.3 Å². The first-order valence-corrected chi connectivity index (χ1v) is 16.3. The Labute approximate surface area is 274 Å². The predicted molar refractivity (Wildman–Crippen MR) is 146 cm³/mol. The molecule has 0 aliphatic carbocycles. The molecule has 0 radical (unpaired) electrons. The first-order chi connectivity index (χ1) is 17.6. The molecule has 8 nitrogen and oxygen atoms in total. The van der Waals surface area contributed by atoms with Crippen LogP contribution in [0.4, 0.5) is 5.69 Å². The minimum atomic E-state index is -4.26. The first kappa shape index (κ1) is 31.7. The van der Waals surface area contributed by atoms with Crippen molar-refractivity contribution in [3.8, 4) is 0 Å². The van der Waals surface area contributed by atoms with Crippen molar-refractivity contribution in [1.29, 1.82) is 0 Å². The maximum atomic E-state index is 11.0. The molecular formula is C25H25KN2O6S4. The van der Waals surface area contributed by atoms with E-state index < -0.39 is 31.7 Å². The van der Waals surface area contributed by atoms with E-state index in [9.17, 15) is 25.9 Å². The number of para-hydroxylation sites is 2. The van der Waals surface area contributed by atoms with Crippen molar-refractivity contribution in [3.63, 3.8) is 0 Å². The molecule has 1 aliphatic heterocycles. The van der Waals surface area contributed by atoms with Crippen molar-refractivity contribution in [3.05, 3.63) is 82.9 Å². The molecule has 2 heterocycles. The Morgan fingerprint density at radius 3 is 2.32 bits per heavy atom. The summed E-state index contributed by atoms with van der Waals surface area (Å²) < 4.78 is 69.2. The van der Waals surface area contributed by atoms with Crippen LogP contribution in [-0.4, -0.2) is 44.0 Å². The Morgan fingerprint density at radius 1 is 0.868 bits per heavy atom. The van der Waals surface area contributed by atoms with Gasteiger partial charge in [0, 0.05) is 41.5 Å². The van der Waals surface area contributed by atoms with E-state index in [2.05, 4.69) is 0 Å². The number of benzene rings is 2. The van der Waals surface area contributed by atoms with Crippen LogP contribution in [0.3, 0.4) is 0 Å². The molecule has 0 saturated carbocycles. The third kappa shape index (κ3) is 9.09. The Hall–Kier alpha value is -0.844. The number of anilines is 1. The summed E-state index contributed by atoms with van der Waals surface area (Å²) in [5.74, 6) is -0.809. The summed E-state index contributed by atoms with van der Waals surface area (Å²) in [7, 11) is -8.52. The van der Waals surface area contributed by atoms with Crippen LogP contribution in [0.2, 0.25) is 0 Å². The van der Waals surface area contributed by atoms with E-state index in [0.29, 0.717) is 13.1 Å². The average molecular weight is 617 g/mol. The molecule has 0 fully saturated rings. The van der Waals surface area contributed by atoms with Gasteiger partial charge in [0.25, 0.3) is 5.01 Å². The van der Waals surface area contributed by atoms with Gasteiger partial charge in [0.05, 0.1) is 31.0 Å². The monoisotopic (exact) mass is 616 g/mol. The van der Waals surface area contributed by atoms with Gasteiger partial charge < -0.3 is 14.0 Å². The molecule has 4 rings (SSSR count). The quantitative estimate of drug-likeness (QED) is 0.136. The Balaban J connectivity index is 0.00000400. The van der Waals surface area contributed by atoms with Crippen LogP contribution in [0.1, 0.15) is 17.8 Å². The zero-order chi connectivity index (χ0) is 26.5. The van der Waals surface area contributed by atoms with Crippen LogP contribution in [0.25, 0.3) is 16.3 Å². The number of rotatable bonds is 11. The number of aryl methyl sites for hydroxylation is 1. The van der Waals surface area contributed by atoms with Crippen molar-refractivity contribution in [1.82, 2.24) is 0 Å². The van der Waals surface area contributed by atoms with E-state index in [-0.39, 0.29) is 64.2 Å². The molecule has 2 aromatic carbocycles. The van der Waals surface area contributed by atoms with Crippen molar-refractivity contribution >= 4 is 65.3 Å². The van der Waals surface area contributed by atoms with E-state index in [1.807, 2.05) is 88.4 Å². The molecule has 38 heavy (non-hydrogen) atoms. The van der Waals surface area contributed by atoms with Gasteiger partial charge in [-0.1, -0.05) is 65.6 Å². The van der Waals surface area contributed by atoms with Gasteiger partial charge in [-0.2, -0.15) is 4.57 Å². The van der Waals surface area contributed by atoms with Crippen LogP contribution in [0.15, 0.2) is 82.8 Å². The van der Waals surface area contributed by atoms with E-state index >= 15 is 0 Å². The fourth-order valence-corrected chi connectivity index (χ4v) is 7.12. The summed E-state index contributed by atoms with van der Waals surface area (Å²) in [5.41, 5.74) is 1.97. The van der Waals surface area contributed by atoms with Gasteiger partial charge in [0.1, 0.15) is 4.70 Å². The minimum absolute atomic E-state index is 0. The van der Waals surface area contributed by atoms with Crippen LogP contribution < -0.4 is 60.9 Å². The number of hydrogen-bond acceptors (Lipinski definition) is 9. The Kier molecular flexibility index (Phi) is 11.8. The summed E-state index contributed by atoms with van der Waals surface area (Å²) in [6.07, 6.45) is 10.0. The zero-order valence-electron chi connectivity index (χ0n) is 20.7. The van der Waals surface area contributed by atoms with Gasteiger partial charge in [0.15, 0.2) is 6.54 Å². The third-order valence-corrected chi connectivity index (χ3v) is 9.36. The number of allylic oxidation sites excluding steroid dienone is 4. The number of nitrogens with zero attached hydrogens (tertiary/aromatic N) is 2. The molecule has 0 N–H and O–H groups in total. The fourth-order valence-electron chi connectivity index (χ4n) is 3.95. The molecule has 196 valence electrons. The van der Waals surface area contributed by atoms with E-state index in [1.165, 1.54) is 0 Å². The molecule has 3 aromatic rings. The summed E-state index contributed by atoms with van der Waals surface area (Å²) in [6, 6.07) is 15.7. The third-order valence-electron chi connectivity index (χ3n) is 5.53.